The molecule has 0 radical (unpaired) electrons. The zero-order chi connectivity index (χ0) is 28.2. The largest absolute Gasteiger partial charge is 0.494 e. The summed E-state index contributed by atoms with van der Waals surface area (Å²) in [5.41, 5.74) is 4.10. The monoisotopic (exact) mass is 557 g/mol. The zero-order valence-electron chi connectivity index (χ0n) is 23.1. The average Bonchev–Trinajstić information content (AvgIpc) is 2.99. The van der Waals surface area contributed by atoms with E-state index in [2.05, 4.69) is 29.0 Å². The van der Waals surface area contributed by atoms with Gasteiger partial charge in [0.25, 0.3) is 5.91 Å². The number of carbonyl (C=O) groups excluding carboxylic acids is 1. The number of rotatable bonds is 14. The second kappa shape index (κ2) is 15.1. The van der Waals surface area contributed by atoms with Crippen LogP contribution in [0, 0.1) is 0 Å². The number of nitrogens with one attached hydrogen (secondary N) is 1. The number of halogens is 1. The Balaban J connectivity index is 1.23. The van der Waals surface area contributed by atoms with Crippen molar-refractivity contribution in [1.82, 2.24) is 9.88 Å². The molecule has 6 nitrogen and oxygen atoms in total. The number of carbonyl (C=O) groups is 1. The Kier molecular flexibility index (Phi) is 11.0. The molecule has 1 N–H and O–H groups in total. The van der Waals surface area contributed by atoms with Gasteiger partial charge in [0.05, 0.1) is 24.5 Å². The van der Waals surface area contributed by atoms with Crippen LogP contribution in [-0.4, -0.2) is 48.6 Å². The highest BCUT2D eigenvalue weighted by atomic mass is 35.5. The fourth-order valence-corrected chi connectivity index (χ4v) is 4.34. The van der Waals surface area contributed by atoms with E-state index in [4.69, 9.17) is 21.1 Å². The number of pyridine rings is 1. The molecule has 0 unspecified atom stereocenters. The minimum atomic E-state index is -0.212. The Bertz CT molecular complexity index is 1320. The lowest BCUT2D eigenvalue weighted by atomic mass is 10.1. The SMILES string of the molecule is CCN(CC)CCCOc1ccc(NC(=O)c2ccc(-c3ccc(OCCc4ccc(Cl)cc4)cc3)nc2)cc1. The molecule has 4 aromatic rings. The van der Waals surface area contributed by atoms with E-state index in [0.717, 1.165) is 60.3 Å². The quantitative estimate of drug-likeness (QED) is 0.164. The van der Waals surface area contributed by atoms with Gasteiger partial charge in [-0.2, -0.15) is 0 Å². The molecule has 1 heterocycles. The van der Waals surface area contributed by atoms with Crippen molar-refractivity contribution in [2.75, 3.05) is 38.2 Å². The molecule has 1 aromatic heterocycles. The van der Waals surface area contributed by atoms with Gasteiger partial charge in [-0.3, -0.25) is 9.78 Å². The third-order valence-electron chi connectivity index (χ3n) is 6.64. The summed E-state index contributed by atoms with van der Waals surface area (Å²) >= 11 is 5.94. The second-order valence-corrected chi connectivity index (χ2v) is 9.83. The van der Waals surface area contributed by atoms with Crippen LogP contribution in [0.1, 0.15) is 36.2 Å². The third kappa shape index (κ3) is 8.83. The zero-order valence-corrected chi connectivity index (χ0v) is 23.9. The standard InChI is InChI=1S/C33H36ClN3O3/c1-3-37(4-2)21-5-22-39-31-17-13-29(14-18-31)36-33(38)27-10-19-32(35-24-27)26-8-15-30(16-9-26)40-23-20-25-6-11-28(34)12-7-25/h6-19,24H,3-5,20-23H2,1-2H3,(H,36,38). The summed E-state index contributed by atoms with van der Waals surface area (Å²) in [4.78, 5) is 19.6. The molecular weight excluding hydrogens is 522 g/mol. The van der Waals surface area contributed by atoms with Gasteiger partial charge in [0.2, 0.25) is 0 Å². The minimum Gasteiger partial charge on any atom is -0.494 e. The first-order chi connectivity index (χ1) is 19.5. The molecule has 0 aliphatic carbocycles. The van der Waals surface area contributed by atoms with Crippen LogP contribution < -0.4 is 14.8 Å². The van der Waals surface area contributed by atoms with Crippen molar-refractivity contribution in [3.05, 3.63) is 107 Å². The van der Waals surface area contributed by atoms with E-state index in [0.29, 0.717) is 24.5 Å². The van der Waals surface area contributed by atoms with Crippen molar-refractivity contribution >= 4 is 23.2 Å². The number of hydrogen-bond donors (Lipinski definition) is 1. The topological polar surface area (TPSA) is 63.7 Å². The van der Waals surface area contributed by atoms with Crippen LogP contribution in [-0.2, 0) is 6.42 Å². The van der Waals surface area contributed by atoms with Gasteiger partial charge in [0, 0.05) is 35.4 Å². The van der Waals surface area contributed by atoms with Gasteiger partial charge in [0.1, 0.15) is 11.5 Å². The van der Waals surface area contributed by atoms with Gasteiger partial charge in [-0.05, 0) is 97.9 Å². The first-order valence-electron chi connectivity index (χ1n) is 13.7. The number of ether oxygens (including phenoxy) is 2. The number of amides is 1. The molecular formula is C33H36ClN3O3. The number of benzene rings is 3. The Hall–Kier alpha value is -3.87. The predicted molar refractivity (Wildman–Crippen MR) is 163 cm³/mol. The molecule has 7 heteroatoms. The molecule has 0 aliphatic heterocycles. The van der Waals surface area contributed by atoms with Gasteiger partial charge in [-0.25, -0.2) is 0 Å². The number of hydrogen-bond acceptors (Lipinski definition) is 5. The van der Waals surface area contributed by atoms with Gasteiger partial charge in [0.15, 0.2) is 0 Å². The molecule has 0 fully saturated rings. The van der Waals surface area contributed by atoms with E-state index >= 15 is 0 Å². The molecule has 0 spiro atoms. The van der Waals surface area contributed by atoms with E-state index in [9.17, 15) is 4.79 Å². The maximum absolute atomic E-state index is 12.7. The molecule has 0 saturated carbocycles. The van der Waals surface area contributed by atoms with Gasteiger partial charge < -0.3 is 19.7 Å². The van der Waals surface area contributed by atoms with Crippen LogP contribution in [0.4, 0.5) is 5.69 Å². The molecule has 3 aromatic carbocycles. The summed E-state index contributed by atoms with van der Waals surface area (Å²) in [6.45, 7) is 8.72. The molecule has 4 rings (SSSR count). The van der Waals surface area contributed by atoms with Crippen molar-refractivity contribution in [3.63, 3.8) is 0 Å². The molecule has 0 bridgehead atoms. The number of nitrogens with zero attached hydrogens (tertiary/aromatic N) is 2. The second-order valence-electron chi connectivity index (χ2n) is 9.39. The lowest BCUT2D eigenvalue weighted by Crippen LogP contribution is -2.25. The third-order valence-corrected chi connectivity index (χ3v) is 6.89. The summed E-state index contributed by atoms with van der Waals surface area (Å²) < 4.78 is 11.7. The average molecular weight is 558 g/mol. The Morgan fingerprint density at radius 1 is 0.825 bits per heavy atom. The van der Waals surface area contributed by atoms with E-state index < -0.39 is 0 Å². The maximum atomic E-state index is 12.7. The molecule has 1 amide bonds. The van der Waals surface area contributed by atoms with E-state index in [1.54, 1.807) is 12.3 Å². The molecule has 0 atom stereocenters. The Labute approximate surface area is 241 Å². The Morgan fingerprint density at radius 3 is 2.10 bits per heavy atom. The van der Waals surface area contributed by atoms with Crippen molar-refractivity contribution < 1.29 is 14.3 Å². The molecule has 0 saturated heterocycles. The smallest absolute Gasteiger partial charge is 0.257 e. The predicted octanol–water partition coefficient (Wildman–Crippen LogP) is 7.39. The number of anilines is 1. The summed E-state index contributed by atoms with van der Waals surface area (Å²) in [6, 6.07) is 26.6. The van der Waals surface area contributed by atoms with Crippen LogP contribution in [0.25, 0.3) is 11.3 Å². The summed E-state index contributed by atoms with van der Waals surface area (Å²) in [6.07, 6.45) is 3.37. The van der Waals surface area contributed by atoms with Crippen molar-refractivity contribution in [2.45, 2.75) is 26.7 Å². The highest BCUT2D eigenvalue weighted by Gasteiger charge is 2.09. The lowest BCUT2D eigenvalue weighted by molar-refractivity contribution is 0.102. The van der Waals surface area contributed by atoms with E-state index in [-0.39, 0.29) is 5.91 Å². The lowest BCUT2D eigenvalue weighted by Gasteiger charge is -2.17. The van der Waals surface area contributed by atoms with Crippen LogP contribution in [0.2, 0.25) is 5.02 Å². The summed E-state index contributed by atoms with van der Waals surface area (Å²) in [5, 5.41) is 3.65. The fourth-order valence-electron chi connectivity index (χ4n) is 4.21. The maximum Gasteiger partial charge on any atom is 0.257 e. The van der Waals surface area contributed by atoms with Gasteiger partial charge in [-0.15, -0.1) is 0 Å². The highest BCUT2D eigenvalue weighted by Crippen LogP contribution is 2.22. The minimum absolute atomic E-state index is 0.212. The molecule has 208 valence electrons. The van der Waals surface area contributed by atoms with Crippen molar-refractivity contribution in [3.8, 4) is 22.8 Å². The van der Waals surface area contributed by atoms with Gasteiger partial charge in [-0.1, -0.05) is 37.6 Å². The number of aromatic nitrogens is 1. The normalized spacial score (nSPS) is 10.9. The van der Waals surface area contributed by atoms with E-state index in [1.165, 1.54) is 5.56 Å². The van der Waals surface area contributed by atoms with Crippen molar-refractivity contribution in [1.29, 1.82) is 0 Å². The summed E-state index contributed by atoms with van der Waals surface area (Å²) in [5.74, 6) is 1.38. The van der Waals surface area contributed by atoms with Crippen molar-refractivity contribution in [2.24, 2.45) is 0 Å². The summed E-state index contributed by atoms with van der Waals surface area (Å²) in [7, 11) is 0. The molecule has 0 aliphatic rings. The Morgan fingerprint density at radius 2 is 1.48 bits per heavy atom. The fraction of sp³-hybridized carbons (Fsp3) is 0.273. The van der Waals surface area contributed by atoms with E-state index in [1.807, 2.05) is 78.9 Å². The first kappa shape index (κ1) is 29.1. The molecule has 40 heavy (non-hydrogen) atoms. The van der Waals surface area contributed by atoms with Crippen LogP contribution in [0.5, 0.6) is 11.5 Å². The van der Waals surface area contributed by atoms with Crippen LogP contribution >= 0.6 is 11.6 Å². The van der Waals surface area contributed by atoms with Gasteiger partial charge >= 0.3 is 0 Å². The first-order valence-corrected chi connectivity index (χ1v) is 14.1. The highest BCUT2D eigenvalue weighted by molar-refractivity contribution is 6.30. The van der Waals surface area contributed by atoms with Crippen LogP contribution in [0.15, 0.2) is 91.1 Å². The van der Waals surface area contributed by atoms with Crippen LogP contribution in [0.3, 0.4) is 0 Å².